The number of rotatable bonds is 10. The van der Waals surface area contributed by atoms with Crippen LogP contribution in [0.15, 0.2) is 54.9 Å². The number of carbonyl (C=O) groups is 2. The molecule has 2 amide bonds. The van der Waals surface area contributed by atoms with Crippen LogP contribution in [0.4, 0.5) is 0 Å². The molecule has 0 bridgehead atoms. The predicted octanol–water partition coefficient (Wildman–Crippen LogP) is 9.26. The second-order valence-corrected chi connectivity index (χ2v) is 16.6. The Balaban J connectivity index is 1.07. The lowest BCUT2D eigenvalue weighted by molar-refractivity contribution is -0.132. The van der Waals surface area contributed by atoms with E-state index >= 15 is 0 Å². The molecule has 3 heterocycles. The van der Waals surface area contributed by atoms with E-state index in [1.807, 2.05) is 53.7 Å². The van der Waals surface area contributed by atoms with E-state index in [-0.39, 0.29) is 17.2 Å². The van der Waals surface area contributed by atoms with Crippen molar-refractivity contribution >= 4 is 28.7 Å². The van der Waals surface area contributed by atoms with Gasteiger partial charge in [-0.25, -0.2) is 9.97 Å². The predicted molar refractivity (Wildman–Crippen MR) is 197 cm³/mol. The Bertz CT molecular complexity index is 1550. The van der Waals surface area contributed by atoms with E-state index in [1.165, 1.54) is 68.3 Å². The minimum Gasteiger partial charge on any atom is -0.341 e. The molecular formula is C41H54N4O2S. The van der Waals surface area contributed by atoms with Gasteiger partial charge in [-0.2, -0.15) is 0 Å². The summed E-state index contributed by atoms with van der Waals surface area (Å²) in [6, 6.07) is 11.4. The highest BCUT2D eigenvalue weighted by Gasteiger charge is 2.30. The molecule has 2 fully saturated rings. The van der Waals surface area contributed by atoms with Crippen molar-refractivity contribution in [3.05, 3.63) is 75.7 Å². The summed E-state index contributed by atoms with van der Waals surface area (Å²) in [6.45, 7) is 10.3. The molecule has 3 aromatic rings. The fraction of sp³-hybridized carbons (Fsp3) is 0.561. The number of hydrogen-bond donors (Lipinski definition) is 1. The van der Waals surface area contributed by atoms with Crippen molar-refractivity contribution in [3.8, 4) is 11.4 Å². The number of amides is 2. The van der Waals surface area contributed by atoms with E-state index in [9.17, 15) is 9.59 Å². The molecule has 0 radical (unpaired) electrons. The minimum atomic E-state index is -0.614. The summed E-state index contributed by atoms with van der Waals surface area (Å²) in [6.07, 6.45) is 20.9. The SMILES string of the molecule is CCCC1CCC(C2CC=C(c3cnc(-c4ccc(CC(NC(=O)c5ccc(C(C)(C)C)s5)C(=O)N5CCCC5)cc4)nc3)CC2)CC1. The van der Waals surface area contributed by atoms with Gasteiger partial charge in [-0.3, -0.25) is 9.59 Å². The molecule has 6 nitrogen and oxygen atoms in total. The van der Waals surface area contributed by atoms with Gasteiger partial charge in [0.25, 0.3) is 5.91 Å². The average molecular weight is 667 g/mol. The van der Waals surface area contributed by atoms with Crippen molar-refractivity contribution in [2.24, 2.45) is 17.8 Å². The molecule has 2 aromatic heterocycles. The van der Waals surface area contributed by atoms with Crippen LogP contribution in [-0.2, 0) is 16.6 Å². The third-order valence-electron chi connectivity index (χ3n) is 11.0. The molecule has 48 heavy (non-hydrogen) atoms. The van der Waals surface area contributed by atoms with E-state index in [4.69, 9.17) is 9.97 Å². The summed E-state index contributed by atoms with van der Waals surface area (Å²) in [7, 11) is 0. The van der Waals surface area contributed by atoms with Gasteiger partial charge in [-0.1, -0.05) is 83.7 Å². The van der Waals surface area contributed by atoms with Crippen LogP contribution < -0.4 is 5.32 Å². The number of benzene rings is 1. The van der Waals surface area contributed by atoms with E-state index in [0.29, 0.717) is 17.1 Å². The zero-order chi connectivity index (χ0) is 33.7. The first-order chi connectivity index (χ1) is 23.2. The molecule has 2 atom stereocenters. The topological polar surface area (TPSA) is 75.2 Å². The number of hydrogen-bond acceptors (Lipinski definition) is 5. The van der Waals surface area contributed by atoms with Gasteiger partial charge in [-0.15, -0.1) is 11.3 Å². The van der Waals surface area contributed by atoms with E-state index in [1.54, 1.807) is 0 Å². The van der Waals surface area contributed by atoms with Crippen molar-refractivity contribution in [2.75, 3.05) is 13.1 Å². The van der Waals surface area contributed by atoms with Gasteiger partial charge in [0.1, 0.15) is 6.04 Å². The van der Waals surface area contributed by atoms with E-state index in [0.717, 1.165) is 71.7 Å². The van der Waals surface area contributed by atoms with Crippen LogP contribution in [0.3, 0.4) is 0 Å². The molecule has 0 spiro atoms. The Kier molecular flexibility index (Phi) is 11.1. The normalized spacial score (nSPS) is 22.3. The van der Waals surface area contributed by atoms with Crippen molar-refractivity contribution in [1.82, 2.24) is 20.2 Å². The Morgan fingerprint density at radius 2 is 1.62 bits per heavy atom. The van der Waals surface area contributed by atoms with Crippen LogP contribution in [0.2, 0.25) is 0 Å². The van der Waals surface area contributed by atoms with Gasteiger partial charge in [0.15, 0.2) is 5.82 Å². The zero-order valence-electron chi connectivity index (χ0n) is 29.5. The largest absolute Gasteiger partial charge is 0.341 e. The lowest BCUT2D eigenvalue weighted by Crippen LogP contribution is -2.48. The number of aromatic nitrogens is 2. The van der Waals surface area contributed by atoms with Crippen LogP contribution in [0.5, 0.6) is 0 Å². The van der Waals surface area contributed by atoms with Gasteiger partial charge < -0.3 is 10.2 Å². The fourth-order valence-corrected chi connectivity index (χ4v) is 8.99. The second-order valence-electron chi connectivity index (χ2n) is 15.5. The maximum absolute atomic E-state index is 13.6. The summed E-state index contributed by atoms with van der Waals surface area (Å²) < 4.78 is 0. The lowest BCUT2D eigenvalue weighted by Gasteiger charge is -2.35. The summed E-state index contributed by atoms with van der Waals surface area (Å²) in [5.41, 5.74) is 4.45. The molecule has 7 heteroatoms. The molecule has 3 aliphatic rings. The summed E-state index contributed by atoms with van der Waals surface area (Å²) in [5, 5.41) is 3.08. The van der Waals surface area contributed by atoms with Gasteiger partial charge in [0.2, 0.25) is 5.91 Å². The summed E-state index contributed by atoms with van der Waals surface area (Å²) in [5.74, 6) is 3.24. The smallest absolute Gasteiger partial charge is 0.262 e. The van der Waals surface area contributed by atoms with E-state index < -0.39 is 6.04 Å². The quantitative estimate of drug-likeness (QED) is 0.234. The number of nitrogens with one attached hydrogen (secondary N) is 1. The molecule has 256 valence electrons. The molecule has 2 unspecified atom stereocenters. The molecule has 1 aliphatic heterocycles. The molecule has 1 N–H and O–H groups in total. The molecular weight excluding hydrogens is 613 g/mol. The van der Waals surface area contributed by atoms with Crippen LogP contribution in [-0.4, -0.2) is 45.8 Å². The fourth-order valence-electron chi connectivity index (χ4n) is 8.02. The Morgan fingerprint density at radius 3 is 2.23 bits per heavy atom. The van der Waals surface area contributed by atoms with Crippen LogP contribution >= 0.6 is 11.3 Å². The minimum absolute atomic E-state index is 0.000795. The zero-order valence-corrected chi connectivity index (χ0v) is 30.3. The summed E-state index contributed by atoms with van der Waals surface area (Å²) in [4.78, 5) is 40.1. The Labute approximate surface area is 291 Å². The number of carbonyl (C=O) groups excluding carboxylic acids is 2. The van der Waals surface area contributed by atoms with Crippen molar-refractivity contribution in [3.63, 3.8) is 0 Å². The van der Waals surface area contributed by atoms with Gasteiger partial charge >= 0.3 is 0 Å². The molecule has 1 saturated heterocycles. The summed E-state index contributed by atoms with van der Waals surface area (Å²) >= 11 is 1.50. The van der Waals surface area contributed by atoms with Crippen molar-refractivity contribution < 1.29 is 9.59 Å². The maximum atomic E-state index is 13.6. The molecule has 1 saturated carbocycles. The lowest BCUT2D eigenvalue weighted by atomic mass is 9.70. The third-order valence-corrected chi connectivity index (χ3v) is 12.5. The molecule has 6 rings (SSSR count). The Hall–Kier alpha value is -3.32. The van der Waals surface area contributed by atoms with Crippen LogP contribution in [0, 0.1) is 17.8 Å². The van der Waals surface area contributed by atoms with Gasteiger partial charge in [0.05, 0.1) is 4.88 Å². The second kappa shape index (κ2) is 15.5. The highest BCUT2D eigenvalue weighted by Crippen LogP contribution is 2.42. The van der Waals surface area contributed by atoms with E-state index in [2.05, 4.69) is 39.1 Å². The first kappa shape index (κ1) is 34.5. The number of thiophene rings is 1. The van der Waals surface area contributed by atoms with Crippen LogP contribution in [0.25, 0.3) is 17.0 Å². The van der Waals surface area contributed by atoms with Crippen LogP contribution in [0.1, 0.15) is 124 Å². The first-order valence-corrected chi connectivity index (χ1v) is 19.3. The van der Waals surface area contributed by atoms with Gasteiger partial charge in [0, 0.05) is 47.9 Å². The van der Waals surface area contributed by atoms with Crippen molar-refractivity contribution in [1.29, 1.82) is 0 Å². The van der Waals surface area contributed by atoms with Gasteiger partial charge in [-0.05, 0) is 91.4 Å². The standard InChI is InChI=1S/C41H54N4O2S/c1-5-8-28-9-13-30(14-10-28)31-17-19-32(20-18-31)34-26-42-38(43-27-34)33-15-11-29(12-16-33)25-35(40(47)45-23-6-7-24-45)44-39(46)36-21-22-37(48-36)41(2,3)4/h11-12,15-16,19,21-22,26-28,30-31,35H,5-10,13-14,17-18,20,23-25H2,1-4H3,(H,44,46). The number of likely N-dealkylation sites (tertiary alicyclic amines) is 1. The average Bonchev–Trinajstić information content (AvgIpc) is 3.83. The number of nitrogens with zero attached hydrogens (tertiary/aromatic N) is 3. The monoisotopic (exact) mass is 666 g/mol. The Morgan fingerprint density at radius 1 is 0.917 bits per heavy atom. The van der Waals surface area contributed by atoms with Crippen molar-refractivity contribution in [2.45, 2.75) is 116 Å². The molecule has 1 aromatic carbocycles. The first-order valence-electron chi connectivity index (χ1n) is 18.5. The maximum Gasteiger partial charge on any atom is 0.262 e. The highest BCUT2D eigenvalue weighted by molar-refractivity contribution is 7.14. The molecule has 2 aliphatic carbocycles. The highest BCUT2D eigenvalue weighted by atomic mass is 32.1. The third kappa shape index (κ3) is 8.45. The number of allylic oxidation sites excluding steroid dienone is 2.